The fourth-order valence-corrected chi connectivity index (χ4v) is 2.81. The third kappa shape index (κ3) is 2.42. The van der Waals surface area contributed by atoms with Crippen LogP contribution < -0.4 is 0 Å². The molecule has 1 aliphatic rings. The second kappa shape index (κ2) is 4.71. The molecule has 1 amide bonds. The first-order valence-electron chi connectivity index (χ1n) is 7.70. The summed E-state index contributed by atoms with van der Waals surface area (Å²) in [7, 11) is 0. The van der Waals surface area contributed by atoms with E-state index in [2.05, 4.69) is 15.0 Å². The zero-order valence-electron chi connectivity index (χ0n) is 13.4. The standard InChI is InChI=1S/C16H19N5O2/c1-16(2,3)23-15(22)21-7-9(8-21)13-19-11-6-18-14-10(4-5-17-14)12(11)20-13/h4-6,9H,7-8H2,1-3H3,(H,17,18)(H,19,20). The van der Waals surface area contributed by atoms with Gasteiger partial charge in [0.05, 0.1) is 17.6 Å². The Labute approximate surface area is 133 Å². The Hall–Kier alpha value is -2.57. The van der Waals surface area contributed by atoms with Crippen molar-refractivity contribution in [2.24, 2.45) is 0 Å². The lowest BCUT2D eigenvalue weighted by molar-refractivity contribution is 0.00761. The molecule has 0 bridgehead atoms. The number of amides is 1. The first kappa shape index (κ1) is 14.0. The molecule has 3 aromatic heterocycles. The van der Waals surface area contributed by atoms with Crippen LogP contribution in [0, 0.1) is 0 Å². The predicted octanol–water partition coefficient (Wildman–Crippen LogP) is 2.77. The maximum atomic E-state index is 12.0. The number of hydrogen-bond acceptors (Lipinski definition) is 4. The topological polar surface area (TPSA) is 86.9 Å². The van der Waals surface area contributed by atoms with Crippen molar-refractivity contribution in [1.82, 2.24) is 24.8 Å². The molecule has 0 atom stereocenters. The minimum absolute atomic E-state index is 0.212. The van der Waals surface area contributed by atoms with E-state index in [1.165, 1.54) is 0 Å². The summed E-state index contributed by atoms with van der Waals surface area (Å²) in [5.41, 5.74) is 2.21. The molecule has 0 saturated carbocycles. The van der Waals surface area contributed by atoms with Crippen LogP contribution in [-0.2, 0) is 4.74 Å². The predicted molar refractivity (Wildman–Crippen MR) is 86.3 cm³/mol. The van der Waals surface area contributed by atoms with Crippen molar-refractivity contribution in [1.29, 1.82) is 0 Å². The Morgan fingerprint density at radius 1 is 1.39 bits per heavy atom. The Kier molecular flexibility index (Phi) is 2.88. The summed E-state index contributed by atoms with van der Waals surface area (Å²) in [6, 6.07) is 1.98. The van der Waals surface area contributed by atoms with Gasteiger partial charge < -0.3 is 19.6 Å². The number of likely N-dealkylation sites (tertiary alicyclic amines) is 1. The number of hydrogen-bond donors (Lipinski definition) is 2. The number of ether oxygens (including phenoxy) is 1. The van der Waals surface area contributed by atoms with E-state index in [-0.39, 0.29) is 12.0 Å². The molecular weight excluding hydrogens is 294 g/mol. The number of rotatable bonds is 1. The van der Waals surface area contributed by atoms with E-state index in [1.54, 1.807) is 11.1 Å². The molecule has 120 valence electrons. The lowest BCUT2D eigenvalue weighted by Gasteiger charge is -2.38. The number of nitrogens with one attached hydrogen (secondary N) is 2. The second-order valence-corrected chi connectivity index (χ2v) is 6.96. The van der Waals surface area contributed by atoms with Crippen molar-refractivity contribution >= 4 is 28.2 Å². The van der Waals surface area contributed by atoms with E-state index in [1.807, 2.05) is 33.0 Å². The Morgan fingerprint density at radius 3 is 2.91 bits per heavy atom. The lowest BCUT2D eigenvalue weighted by atomic mass is 10.0. The van der Waals surface area contributed by atoms with Gasteiger partial charge in [0.2, 0.25) is 0 Å². The van der Waals surface area contributed by atoms with Crippen molar-refractivity contribution in [3.05, 3.63) is 24.3 Å². The third-order valence-corrected chi connectivity index (χ3v) is 3.97. The fourth-order valence-electron chi connectivity index (χ4n) is 2.81. The normalized spacial score (nSPS) is 16.0. The molecule has 1 saturated heterocycles. The summed E-state index contributed by atoms with van der Waals surface area (Å²) in [5.74, 6) is 1.11. The molecule has 0 aromatic carbocycles. The van der Waals surface area contributed by atoms with Gasteiger partial charge in [-0.2, -0.15) is 0 Å². The van der Waals surface area contributed by atoms with Crippen LogP contribution in [0.15, 0.2) is 18.5 Å². The number of H-pyrrole nitrogens is 2. The number of carbonyl (C=O) groups is 1. The molecule has 4 heterocycles. The van der Waals surface area contributed by atoms with Crippen molar-refractivity contribution in [2.45, 2.75) is 32.3 Å². The molecule has 0 unspecified atom stereocenters. The smallest absolute Gasteiger partial charge is 0.410 e. The highest BCUT2D eigenvalue weighted by Crippen LogP contribution is 2.29. The molecule has 7 nitrogen and oxygen atoms in total. The van der Waals surface area contributed by atoms with Gasteiger partial charge in [-0.3, -0.25) is 0 Å². The van der Waals surface area contributed by atoms with Crippen molar-refractivity contribution in [2.75, 3.05) is 13.1 Å². The van der Waals surface area contributed by atoms with Crippen LogP contribution in [0.1, 0.15) is 32.5 Å². The molecule has 23 heavy (non-hydrogen) atoms. The lowest BCUT2D eigenvalue weighted by Crippen LogP contribution is -2.50. The van der Waals surface area contributed by atoms with E-state index in [4.69, 9.17) is 9.72 Å². The summed E-state index contributed by atoms with van der Waals surface area (Å²) < 4.78 is 5.37. The number of aromatic amines is 2. The molecule has 0 aliphatic carbocycles. The number of fused-ring (bicyclic) bond motifs is 3. The first-order valence-corrected chi connectivity index (χ1v) is 7.70. The minimum atomic E-state index is -0.465. The zero-order chi connectivity index (χ0) is 16.2. The summed E-state index contributed by atoms with van der Waals surface area (Å²) in [4.78, 5) is 29.2. The third-order valence-electron chi connectivity index (χ3n) is 3.97. The van der Waals surface area contributed by atoms with E-state index in [0.717, 1.165) is 27.9 Å². The highest BCUT2D eigenvalue weighted by molar-refractivity contribution is 6.00. The summed E-state index contributed by atoms with van der Waals surface area (Å²) in [6.45, 7) is 6.86. The average molecular weight is 313 g/mol. The van der Waals surface area contributed by atoms with Gasteiger partial charge in [-0.05, 0) is 26.8 Å². The molecule has 7 heteroatoms. The Balaban J connectivity index is 1.52. The fraction of sp³-hybridized carbons (Fsp3) is 0.438. The van der Waals surface area contributed by atoms with Crippen molar-refractivity contribution in [3.8, 4) is 0 Å². The molecule has 1 fully saturated rings. The Bertz CT molecular complexity index is 883. The quantitative estimate of drug-likeness (QED) is 0.723. The summed E-state index contributed by atoms with van der Waals surface area (Å²) >= 11 is 0. The first-order chi connectivity index (χ1) is 10.9. The second-order valence-electron chi connectivity index (χ2n) is 6.96. The van der Waals surface area contributed by atoms with Gasteiger partial charge in [-0.15, -0.1) is 0 Å². The SMILES string of the molecule is CC(C)(C)OC(=O)N1CC(c2nc3c(cnc4[nH]ccc43)[nH]2)C1. The minimum Gasteiger partial charge on any atom is -0.444 e. The average Bonchev–Trinajstić information content (AvgIpc) is 2.98. The van der Waals surface area contributed by atoms with E-state index < -0.39 is 5.60 Å². The molecular formula is C16H19N5O2. The maximum absolute atomic E-state index is 12.0. The van der Waals surface area contributed by atoms with Crippen LogP contribution in [0.3, 0.4) is 0 Å². The van der Waals surface area contributed by atoms with Gasteiger partial charge in [-0.25, -0.2) is 14.8 Å². The van der Waals surface area contributed by atoms with Crippen LogP contribution in [0.2, 0.25) is 0 Å². The highest BCUT2D eigenvalue weighted by Gasteiger charge is 2.36. The van der Waals surface area contributed by atoms with Crippen LogP contribution in [0.25, 0.3) is 22.1 Å². The van der Waals surface area contributed by atoms with Gasteiger partial charge in [0.25, 0.3) is 0 Å². The van der Waals surface area contributed by atoms with Gasteiger partial charge in [-0.1, -0.05) is 0 Å². The number of imidazole rings is 1. The summed E-state index contributed by atoms with van der Waals surface area (Å²) in [6.07, 6.45) is 3.38. The zero-order valence-corrected chi connectivity index (χ0v) is 13.4. The van der Waals surface area contributed by atoms with Crippen LogP contribution in [0.4, 0.5) is 4.79 Å². The number of aromatic nitrogens is 4. The van der Waals surface area contributed by atoms with Crippen LogP contribution in [-0.4, -0.2) is 49.6 Å². The number of nitrogens with zero attached hydrogens (tertiary/aromatic N) is 3. The molecule has 1 aliphatic heterocycles. The van der Waals surface area contributed by atoms with Gasteiger partial charge >= 0.3 is 6.09 Å². The molecule has 0 radical (unpaired) electrons. The molecule has 2 N–H and O–H groups in total. The van der Waals surface area contributed by atoms with E-state index in [9.17, 15) is 4.79 Å². The highest BCUT2D eigenvalue weighted by atomic mass is 16.6. The molecule has 0 spiro atoms. The maximum Gasteiger partial charge on any atom is 0.410 e. The van der Waals surface area contributed by atoms with E-state index >= 15 is 0 Å². The summed E-state index contributed by atoms with van der Waals surface area (Å²) in [5, 5.41) is 1.01. The van der Waals surface area contributed by atoms with Gasteiger partial charge in [0, 0.05) is 24.7 Å². The van der Waals surface area contributed by atoms with E-state index in [0.29, 0.717) is 13.1 Å². The van der Waals surface area contributed by atoms with Crippen LogP contribution in [0.5, 0.6) is 0 Å². The largest absolute Gasteiger partial charge is 0.444 e. The van der Waals surface area contributed by atoms with Gasteiger partial charge in [0.1, 0.15) is 22.6 Å². The van der Waals surface area contributed by atoms with Crippen LogP contribution >= 0.6 is 0 Å². The Morgan fingerprint density at radius 2 is 2.17 bits per heavy atom. The molecule has 3 aromatic rings. The number of carbonyl (C=O) groups excluding carboxylic acids is 1. The monoisotopic (exact) mass is 313 g/mol. The van der Waals surface area contributed by atoms with Crippen molar-refractivity contribution in [3.63, 3.8) is 0 Å². The van der Waals surface area contributed by atoms with Crippen molar-refractivity contribution < 1.29 is 9.53 Å². The molecule has 4 rings (SSSR count). The number of pyridine rings is 1. The van der Waals surface area contributed by atoms with Gasteiger partial charge in [0.15, 0.2) is 0 Å².